The van der Waals surface area contributed by atoms with Crippen molar-refractivity contribution in [2.24, 2.45) is 0 Å². The summed E-state index contributed by atoms with van der Waals surface area (Å²) in [6, 6.07) is 8.14. The fourth-order valence-corrected chi connectivity index (χ4v) is 2.55. The number of hydrogen-bond donors (Lipinski definition) is 2. The molecule has 7 heteroatoms. The maximum absolute atomic E-state index is 11.9. The summed E-state index contributed by atoms with van der Waals surface area (Å²) >= 11 is 7.17. The second-order valence-corrected chi connectivity index (χ2v) is 5.44. The summed E-state index contributed by atoms with van der Waals surface area (Å²) in [5, 5.41) is 11.8. The largest absolute Gasteiger partial charge is 0.478 e. The van der Waals surface area contributed by atoms with Crippen molar-refractivity contribution in [3.8, 4) is 0 Å². The van der Waals surface area contributed by atoms with Crippen LogP contribution in [-0.4, -0.2) is 27.7 Å². The molecule has 0 unspecified atom stereocenters. The number of nitrogens with one attached hydrogen (secondary N) is 1. The van der Waals surface area contributed by atoms with Crippen molar-refractivity contribution in [2.45, 2.75) is 4.90 Å². The van der Waals surface area contributed by atoms with E-state index in [0.717, 1.165) is 4.90 Å². The molecule has 1 aromatic carbocycles. The minimum absolute atomic E-state index is 0.0853. The minimum atomic E-state index is -1.18. The number of amides is 1. The molecule has 0 radical (unpaired) electrons. The fraction of sp³-hybridized carbons (Fsp3) is 0.0714. The molecule has 0 aliphatic carbocycles. The monoisotopic (exact) mass is 322 g/mol. The Morgan fingerprint density at radius 3 is 2.62 bits per heavy atom. The van der Waals surface area contributed by atoms with Crippen molar-refractivity contribution < 1.29 is 14.7 Å². The average Bonchev–Trinajstić information content (AvgIpc) is 2.46. The lowest BCUT2D eigenvalue weighted by molar-refractivity contribution is -0.113. The number of benzene rings is 1. The highest BCUT2D eigenvalue weighted by Crippen LogP contribution is 2.25. The van der Waals surface area contributed by atoms with E-state index in [0.29, 0.717) is 0 Å². The maximum Gasteiger partial charge on any atom is 0.339 e. The van der Waals surface area contributed by atoms with Crippen molar-refractivity contribution in [1.82, 2.24) is 4.98 Å². The molecule has 0 bridgehead atoms. The first-order chi connectivity index (χ1) is 10.1. The highest BCUT2D eigenvalue weighted by Gasteiger charge is 2.16. The molecule has 2 rings (SSSR count). The first kappa shape index (κ1) is 15.3. The number of thioether (sulfide) groups is 1. The van der Waals surface area contributed by atoms with Crippen LogP contribution in [-0.2, 0) is 4.79 Å². The SMILES string of the molecule is O=C(CSc1ccncc1)Nc1cccc(Cl)c1C(=O)O. The number of carboxylic acid groups (broad SMARTS) is 1. The average molecular weight is 323 g/mol. The minimum Gasteiger partial charge on any atom is -0.478 e. The van der Waals surface area contributed by atoms with Crippen molar-refractivity contribution >= 4 is 40.9 Å². The lowest BCUT2D eigenvalue weighted by atomic mass is 10.2. The molecule has 2 N–H and O–H groups in total. The number of carboxylic acids is 1. The molecule has 2 aromatic rings. The molecule has 0 saturated heterocycles. The molecular weight excluding hydrogens is 312 g/mol. The summed E-state index contributed by atoms with van der Waals surface area (Å²) in [5.41, 5.74) is 0.0803. The third-order valence-electron chi connectivity index (χ3n) is 2.52. The van der Waals surface area contributed by atoms with E-state index in [2.05, 4.69) is 10.3 Å². The lowest BCUT2D eigenvalue weighted by Gasteiger charge is -2.09. The van der Waals surface area contributed by atoms with Crippen LogP contribution in [0.25, 0.3) is 0 Å². The van der Waals surface area contributed by atoms with Gasteiger partial charge in [0.25, 0.3) is 0 Å². The third-order valence-corrected chi connectivity index (χ3v) is 3.85. The van der Waals surface area contributed by atoms with E-state index < -0.39 is 5.97 Å². The predicted octanol–water partition coefficient (Wildman–Crippen LogP) is 3.16. The normalized spacial score (nSPS) is 10.1. The van der Waals surface area contributed by atoms with Crippen LogP contribution in [0.15, 0.2) is 47.6 Å². The summed E-state index contributed by atoms with van der Waals surface area (Å²) in [7, 11) is 0. The highest BCUT2D eigenvalue weighted by molar-refractivity contribution is 8.00. The van der Waals surface area contributed by atoms with Gasteiger partial charge < -0.3 is 10.4 Å². The Morgan fingerprint density at radius 2 is 1.95 bits per heavy atom. The summed E-state index contributed by atoms with van der Waals surface area (Å²) in [6.45, 7) is 0. The Labute approximate surface area is 130 Å². The molecule has 0 saturated carbocycles. The van der Waals surface area contributed by atoms with Crippen molar-refractivity contribution in [3.63, 3.8) is 0 Å². The molecule has 0 spiro atoms. The quantitative estimate of drug-likeness (QED) is 0.827. The number of halogens is 1. The van der Waals surface area contributed by atoms with E-state index in [9.17, 15) is 9.59 Å². The molecule has 1 heterocycles. The van der Waals surface area contributed by atoms with E-state index in [1.165, 1.54) is 23.9 Å². The lowest BCUT2D eigenvalue weighted by Crippen LogP contribution is -2.16. The fourth-order valence-electron chi connectivity index (χ4n) is 1.62. The number of aromatic carboxylic acids is 1. The van der Waals surface area contributed by atoms with E-state index in [1.807, 2.05) is 0 Å². The summed E-state index contributed by atoms with van der Waals surface area (Å²) in [4.78, 5) is 27.8. The van der Waals surface area contributed by atoms with Gasteiger partial charge in [-0.2, -0.15) is 0 Å². The van der Waals surface area contributed by atoms with Gasteiger partial charge in [0.15, 0.2) is 0 Å². The first-order valence-electron chi connectivity index (χ1n) is 5.92. The molecule has 108 valence electrons. The molecule has 0 atom stereocenters. The van der Waals surface area contributed by atoms with Gasteiger partial charge in [-0.15, -0.1) is 11.8 Å². The van der Waals surface area contributed by atoms with Crippen molar-refractivity contribution in [1.29, 1.82) is 0 Å². The van der Waals surface area contributed by atoms with E-state index in [-0.39, 0.29) is 27.9 Å². The van der Waals surface area contributed by atoms with Gasteiger partial charge in [-0.05, 0) is 24.3 Å². The van der Waals surface area contributed by atoms with Gasteiger partial charge in [-0.1, -0.05) is 17.7 Å². The van der Waals surface area contributed by atoms with Crippen molar-refractivity contribution in [2.75, 3.05) is 11.1 Å². The standard InChI is InChI=1S/C14H11ClN2O3S/c15-10-2-1-3-11(13(10)14(19)20)17-12(18)8-21-9-4-6-16-7-5-9/h1-7H,8H2,(H,17,18)(H,19,20). The van der Waals surface area contributed by atoms with Gasteiger partial charge in [0, 0.05) is 17.3 Å². The first-order valence-corrected chi connectivity index (χ1v) is 7.29. The van der Waals surface area contributed by atoms with Gasteiger partial charge in [0.05, 0.1) is 16.5 Å². The summed E-state index contributed by atoms with van der Waals surface area (Å²) in [5.74, 6) is -1.32. The van der Waals surface area contributed by atoms with E-state index >= 15 is 0 Å². The smallest absolute Gasteiger partial charge is 0.339 e. The number of anilines is 1. The Balaban J connectivity index is 2.03. The Kier molecular flexibility index (Phi) is 5.19. The van der Waals surface area contributed by atoms with Crippen LogP contribution in [0.4, 0.5) is 5.69 Å². The van der Waals surface area contributed by atoms with Gasteiger partial charge in [-0.25, -0.2) is 4.79 Å². The van der Waals surface area contributed by atoms with E-state index in [1.54, 1.807) is 30.6 Å². The van der Waals surface area contributed by atoms with Crippen molar-refractivity contribution in [3.05, 3.63) is 53.3 Å². The van der Waals surface area contributed by atoms with Crippen LogP contribution in [0.2, 0.25) is 5.02 Å². The zero-order valence-corrected chi connectivity index (χ0v) is 12.3. The topological polar surface area (TPSA) is 79.3 Å². The molecule has 0 aliphatic rings. The number of pyridine rings is 1. The number of carbonyl (C=O) groups excluding carboxylic acids is 1. The second kappa shape index (κ2) is 7.10. The van der Waals surface area contributed by atoms with Crippen LogP contribution in [0, 0.1) is 0 Å². The van der Waals surface area contributed by atoms with Gasteiger partial charge in [0.2, 0.25) is 5.91 Å². The predicted molar refractivity (Wildman–Crippen MR) is 82.0 cm³/mol. The molecular formula is C14H11ClN2O3S. The number of aromatic nitrogens is 1. The molecule has 1 aromatic heterocycles. The van der Waals surface area contributed by atoms with Crippen LogP contribution < -0.4 is 5.32 Å². The van der Waals surface area contributed by atoms with E-state index in [4.69, 9.17) is 16.7 Å². The Morgan fingerprint density at radius 1 is 1.24 bits per heavy atom. The number of carbonyl (C=O) groups is 2. The molecule has 5 nitrogen and oxygen atoms in total. The molecule has 21 heavy (non-hydrogen) atoms. The van der Waals surface area contributed by atoms with Gasteiger partial charge in [-0.3, -0.25) is 9.78 Å². The zero-order valence-electron chi connectivity index (χ0n) is 10.7. The molecule has 0 aliphatic heterocycles. The van der Waals surface area contributed by atoms with Crippen LogP contribution in [0.3, 0.4) is 0 Å². The van der Waals surface area contributed by atoms with Crippen LogP contribution in [0.5, 0.6) is 0 Å². The number of rotatable bonds is 5. The number of hydrogen-bond acceptors (Lipinski definition) is 4. The highest BCUT2D eigenvalue weighted by atomic mass is 35.5. The number of nitrogens with zero attached hydrogens (tertiary/aromatic N) is 1. The van der Waals surface area contributed by atoms with Crippen LogP contribution >= 0.6 is 23.4 Å². The molecule has 0 fully saturated rings. The Hall–Kier alpha value is -2.05. The third kappa shape index (κ3) is 4.21. The van der Waals surface area contributed by atoms with Gasteiger partial charge in [0.1, 0.15) is 5.56 Å². The zero-order chi connectivity index (χ0) is 15.2. The summed E-state index contributed by atoms with van der Waals surface area (Å²) in [6.07, 6.45) is 3.28. The second-order valence-electron chi connectivity index (χ2n) is 3.99. The van der Waals surface area contributed by atoms with Crippen LogP contribution in [0.1, 0.15) is 10.4 Å². The van der Waals surface area contributed by atoms with Gasteiger partial charge >= 0.3 is 5.97 Å². The summed E-state index contributed by atoms with van der Waals surface area (Å²) < 4.78 is 0. The molecule has 1 amide bonds. The maximum atomic E-state index is 11.9. The Bertz CT molecular complexity index is 665.